The van der Waals surface area contributed by atoms with E-state index >= 15 is 0 Å². The van der Waals surface area contributed by atoms with Crippen LogP contribution in [-0.4, -0.2) is 50.9 Å². The first kappa shape index (κ1) is 21.1. The van der Waals surface area contributed by atoms with E-state index in [-0.39, 0.29) is 34.0 Å². The highest BCUT2D eigenvalue weighted by atomic mass is 35.5. The number of hydrogen-bond acceptors (Lipinski definition) is 5. The summed E-state index contributed by atoms with van der Waals surface area (Å²) in [6.45, 7) is 2.95. The van der Waals surface area contributed by atoms with Gasteiger partial charge in [0.1, 0.15) is 4.90 Å². The highest BCUT2D eigenvalue weighted by Gasteiger charge is 2.30. The van der Waals surface area contributed by atoms with Crippen molar-refractivity contribution in [2.75, 3.05) is 19.7 Å². The van der Waals surface area contributed by atoms with E-state index in [1.807, 2.05) is 6.92 Å². The maximum absolute atomic E-state index is 12.4. The number of benzene rings is 1. The molecule has 1 N–H and O–H groups in total. The molecule has 9 heteroatoms. The first-order valence-electron chi connectivity index (χ1n) is 9.57. The fourth-order valence-electron chi connectivity index (χ4n) is 2.82. The molecular weight excluding hydrogens is 404 g/mol. The summed E-state index contributed by atoms with van der Waals surface area (Å²) in [6, 6.07) is 3.84. The van der Waals surface area contributed by atoms with Gasteiger partial charge in [0.25, 0.3) is 5.91 Å². The van der Waals surface area contributed by atoms with Gasteiger partial charge in [-0.1, -0.05) is 18.5 Å². The Morgan fingerprint density at radius 3 is 2.57 bits per heavy atom. The second kappa shape index (κ2) is 8.80. The molecule has 2 fully saturated rings. The van der Waals surface area contributed by atoms with Crippen LogP contribution in [0, 0.1) is 5.92 Å². The number of sulfonamides is 1. The van der Waals surface area contributed by atoms with Gasteiger partial charge in [-0.3, -0.25) is 4.79 Å². The molecule has 1 aromatic carbocycles. The molecular formula is C19H25ClN2O5S. The van der Waals surface area contributed by atoms with E-state index in [0.29, 0.717) is 19.0 Å². The van der Waals surface area contributed by atoms with Crippen molar-refractivity contribution < 1.29 is 22.7 Å². The summed E-state index contributed by atoms with van der Waals surface area (Å²) >= 11 is 6.02. The van der Waals surface area contributed by atoms with Gasteiger partial charge in [0.2, 0.25) is 10.0 Å². The Bertz CT molecular complexity index is 850. The Kier molecular flexibility index (Phi) is 6.62. The van der Waals surface area contributed by atoms with Gasteiger partial charge in [0.05, 0.1) is 10.6 Å². The molecule has 0 unspecified atom stereocenters. The maximum Gasteiger partial charge on any atom is 0.338 e. The number of nitrogens with zero attached hydrogens (tertiary/aromatic N) is 1. The molecule has 2 aliphatic carbocycles. The molecule has 0 aliphatic heterocycles. The number of hydrogen-bond donors (Lipinski definition) is 1. The SMILES string of the molecule is CCCN(CC1CC1)C(=O)COC(=O)c1ccc(Cl)c(S(=O)(=O)NC2CC2)c1. The minimum absolute atomic E-state index is 0.0272. The van der Waals surface area contributed by atoms with Crippen LogP contribution in [0.4, 0.5) is 0 Å². The third-order valence-corrected chi connectivity index (χ3v) is 6.71. The van der Waals surface area contributed by atoms with Crippen molar-refractivity contribution in [3.8, 4) is 0 Å². The zero-order valence-electron chi connectivity index (χ0n) is 15.8. The minimum Gasteiger partial charge on any atom is -0.452 e. The molecule has 0 atom stereocenters. The van der Waals surface area contributed by atoms with Gasteiger partial charge in [0, 0.05) is 19.1 Å². The molecule has 28 heavy (non-hydrogen) atoms. The Morgan fingerprint density at radius 1 is 1.25 bits per heavy atom. The Balaban J connectivity index is 1.63. The van der Waals surface area contributed by atoms with E-state index in [2.05, 4.69) is 4.72 Å². The molecule has 154 valence electrons. The molecule has 0 radical (unpaired) electrons. The highest BCUT2D eigenvalue weighted by molar-refractivity contribution is 7.89. The zero-order chi connectivity index (χ0) is 20.3. The molecule has 2 saturated carbocycles. The molecule has 7 nitrogen and oxygen atoms in total. The predicted octanol–water partition coefficient (Wildman–Crippen LogP) is 2.59. The summed E-state index contributed by atoms with van der Waals surface area (Å²) in [4.78, 5) is 26.3. The number of rotatable bonds is 10. The van der Waals surface area contributed by atoms with Crippen molar-refractivity contribution in [2.24, 2.45) is 5.92 Å². The third kappa shape index (κ3) is 5.68. The number of carbonyl (C=O) groups is 2. The summed E-state index contributed by atoms with van der Waals surface area (Å²) in [5.41, 5.74) is 0.0395. The van der Waals surface area contributed by atoms with E-state index in [9.17, 15) is 18.0 Å². The average molecular weight is 429 g/mol. The molecule has 0 saturated heterocycles. The fraction of sp³-hybridized carbons (Fsp3) is 0.579. The molecule has 0 bridgehead atoms. The summed E-state index contributed by atoms with van der Waals surface area (Å²) in [5.74, 6) is -0.440. The van der Waals surface area contributed by atoms with Crippen molar-refractivity contribution in [1.29, 1.82) is 0 Å². The number of esters is 1. The van der Waals surface area contributed by atoms with Gasteiger partial charge in [0.15, 0.2) is 6.61 Å². The topological polar surface area (TPSA) is 92.8 Å². The van der Waals surface area contributed by atoms with Crippen LogP contribution in [0.25, 0.3) is 0 Å². The second-order valence-electron chi connectivity index (χ2n) is 7.40. The van der Waals surface area contributed by atoms with E-state index in [0.717, 1.165) is 32.1 Å². The van der Waals surface area contributed by atoms with Gasteiger partial charge >= 0.3 is 5.97 Å². The predicted molar refractivity (Wildman–Crippen MR) is 105 cm³/mol. The minimum atomic E-state index is -3.81. The highest BCUT2D eigenvalue weighted by Crippen LogP contribution is 2.30. The Labute approximate surface area is 170 Å². The lowest BCUT2D eigenvalue weighted by Gasteiger charge is -2.21. The van der Waals surface area contributed by atoms with E-state index < -0.39 is 16.0 Å². The summed E-state index contributed by atoms with van der Waals surface area (Å²) in [6.07, 6.45) is 4.67. The summed E-state index contributed by atoms with van der Waals surface area (Å²) in [5, 5.41) is 0.0272. The van der Waals surface area contributed by atoms with Gasteiger partial charge in [-0.05, 0) is 56.2 Å². The molecule has 0 aromatic heterocycles. The standard InChI is InChI=1S/C19H25ClN2O5S/c1-2-9-22(11-13-3-4-13)18(23)12-27-19(24)14-5-8-16(20)17(10-14)28(25,26)21-15-6-7-15/h5,8,10,13,15,21H,2-4,6-7,9,11-12H2,1H3. The van der Waals surface area contributed by atoms with Crippen molar-refractivity contribution >= 4 is 33.5 Å². The number of ether oxygens (including phenoxy) is 1. The Hall–Kier alpha value is -1.64. The van der Waals surface area contributed by atoms with Crippen molar-refractivity contribution in [3.63, 3.8) is 0 Å². The largest absolute Gasteiger partial charge is 0.452 e. The van der Waals surface area contributed by atoms with Gasteiger partial charge in [-0.25, -0.2) is 17.9 Å². The number of halogens is 1. The average Bonchev–Trinajstić information content (AvgIpc) is 3.56. The number of carbonyl (C=O) groups excluding carboxylic acids is 2. The molecule has 2 aliphatic rings. The van der Waals surface area contributed by atoms with E-state index in [1.165, 1.54) is 18.2 Å². The van der Waals surface area contributed by atoms with Crippen LogP contribution in [0.5, 0.6) is 0 Å². The van der Waals surface area contributed by atoms with Crippen molar-refractivity contribution in [3.05, 3.63) is 28.8 Å². The van der Waals surface area contributed by atoms with Gasteiger partial charge < -0.3 is 9.64 Å². The molecule has 1 aromatic rings. The lowest BCUT2D eigenvalue weighted by atomic mass is 10.2. The van der Waals surface area contributed by atoms with Gasteiger partial charge in [-0.15, -0.1) is 0 Å². The van der Waals surface area contributed by atoms with Crippen LogP contribution in [0.15, 0.2) is 23.1 Å². The summed E-state index contributed by atoms with van der Waals surface area (Å²) in [7, 11) is -3.81. The van der Waals surface area contributed by atoms with E-state index in [1.54, 1.807) is 4.90 Å². The first-order valence-corrected chi connectivity index (χ1v) is 11.4. The van der Waals surface area contributed by atoms with Gasteiger partial charge in [-0.2, -0.15) is 0 Å². The second-order valence-corrected chi connectivity index (χ2v) is 9.49. The maximum atomic E-state index is 12.4. The fourth-order valence-corrected chi connectivity index (χ4v) is 4.65. The van der Waals surface area contributed by atoms with Crippen molar-refractivity contribution in [1.82, 2.24) is 9.62 Å². The number of nitrogens with one attached hydrogen (secondary N) is 1. The molecule has 0 spiro atoms. The first-order chi connectivity index (χ1) is 13.3. The molecule has 0 heterocycles. The van der Waals surface area contributed by atoms with Crippen LogP contribution in [-0.2, 0) is 19.6 Å². The monoisotopic (exact) mass is 428 g/mol. The third-order valence-electron chi connectivity index (χ3n) is 4.70. The van der Waals surface area contributed by atoms with Crippen molar-refractivity contribution in [2.45, 2.75) is 50.0 Å². The van der Waals surface area contributed by atoms with E-state index in [4.69, 9.17) is 16.3 Å². The smallest absolute Gasteiger partial charge is 0.338 e. The molecule has 1 amide bonds. The lowest BCUT2D eigenvalue weighted by Crippen LogP contribution is -2.36. The van der Waals surface area contributed by atoms with Crippen LogP contribution in [0.2, 0.25) is 5.02 Å². The van der Waals surface area contributed by atoms with Crippen LogP contribution < -0.4 is 4.72 Å². The zero-order valence-corrected chi connectivity index (χ0v) is 17.4. The summed E-state index contributed by atoms with van der Waals surface area (Å²) < 4.78 is 32.5. The molecule has 3 rings (SSSR count). The van der Waals surface area contributed by atoms with Crippen LogP contribution in [0.1, 0.15) is 49.4 Å². The Morgan fingerprint density at radius 2 is 1.96 bits per heavy atom. The normalized spacial score (nSPS) is 16.6. The quantitative estimate of drug-likeness (QED) is 0.578. The number of amides is 1. The lowest BCUT2D eigenvalue weighted by molar-refractivity contribution is -0.134. The van der Waals surface area contributed by atoms with Crippen LogP contribution in [0.3, 0.4) is 0 Å². The van der Waals surface area contributed by atoms with Crippen LogP contribution >= 0.6 is 11.6 Å².